The smallest absolute Gasteiger partial charge is 0.341 e. The Morgan fingerprint density at radius 2 is 1.70 bits per heavy atom. The van der Waals surface area contributed by atoms with Crippen LogP contribution in [0.25, 0.3) is 0 Å². The summed E-state index contributed by atoms with van der Waals surface area (Å²) in [5, 5.41) is 6.20. The van der Waals surface area contributed by atoms with E-state index in [0.717, 1.165) is 16.9 Å². The van der Waals surface area contributed by atoms with Crippen molar-refractivity contribution in [3.05, 3.63) is 80.7 Å². The van der Waals surface area contributed by atoms with Crippen LogP contribution in [0.1, 0.15) is 41.5 Å². The van der Waals surface area contributed by atoms with Crippen LogP contribution < -0.4 is 10.6 Å². The third kappa shape index (κ3) is 4.53. The van der Waals surface area contributed by atoms with E-state index in [0.29, 0.717) is 26.7 Å². The number of nitrogens with one attached hydrogen (secondary N) is 2. The summed E-state index contributed by atoms with van der Waals surface area (Å²) in [6.45, 7) is 3.53. The minimum Gasteiger partial charge on any atom is -0.465 e. The molecule has 0 saturated carbocycles. The van der Waals surface area contributed by atoms with E-state index in [1.165, 1.54) is 13.2 Å². The van der Waals surface area contributed by atoms with Gasteiger partial charge in [0.1, 0.15) is 5.00 Å². The molecule has 8 heteroatoms. The lowest BCUT2D eigenvalue weighted by atomic mass is 10.1. The van der Waals surface area contributed by atoms with E-state index >= 15 is 0 Å². The van der Waals surface area contributed by atoms with Crippen molar-refractivity contribution in [3.63, 3.8) is 0 Å². The fraction of sp³-hybridized carbons (Fsp3) is 0.136. The molecule has 0 fully saturated rings. The Labute approximate surface area is 182 Å². The Morgan fingerprint density at radius 1 is 0.967 bits per heavy atom. The zero-order valence-corrected chi connectivity index (χ0v) is 18.1. The summed E-state index contributed by atoms with van der Waals surface area (Å²) in [7, 11) is 1.25. The van der Waals surface area contributed by atoms with Gasteiger partial charge >= 0.3 is 5.97 Å². The second-order valence-electron chi connectivity index (χ2n) is 6.49. The van der Waals surface area contributed by atoms with E-state index in [1.807, 2.05) is 25.1 Å². The lowest BCUT2D eigenvalue weighted by molar-refractivity contribution is 0.0601. The van der Waals surface area contributed by atoms with E-state index < -0.39 is 11.9 Å². The standard InChI is InChI=1S/C22H19ClN2O4S/c1-12-7-4-5-10-16(12)24-20(27)18-13(2)17(22(28)29-3)21(30-18)25-19(26)14-8-6-9-15(23)11-14/h4-11H,1-3H3,(H,24,27)(H,25,26). The summed E-state index contributed by atoms with van der Waals surface area (Å²) in [5.74, 6) is -1.46. The zero-order chi connectivity index (χ0) is 21.8. The minimum atomic E-state index is -0.639. The SMILES string of the molecule is COC(=O)c1c(NC(=O)c2cccc(Cl)c2)sc(C(=O)Nc2ccccc2C)c1C. The molecule has 0 bridgehead atoms. The monoisotopic (exact) mass is 442 g/mol. The molecule has 154 valence electrons. The predicted octanol–water partition coefficient (Wildman–Crippen LogP) is 5.31. The van der Waals surface area contributed by atoms with Crippen molar-refractivity contribution in [3.8, 4) is 0 Å². The molecule has 1 aromatic heterocycles. The molecule has 0 aliphatic heterocycles. The Bertz CT molecular complexity index is 1140. The summed E-state index contributed by atoms with van der Waals surface area (Å²) < 4.78 is 4.86. The summed E-state index contributed by atoms with van der Waals surface area (Å²) in [4.78, 5) is 38.2. The molecule has 0 saturated heterocycles. The van der Waals surface area contributed by atoms with Crippen LogP contribution in [0, 0.1) is 13.8 Å². The normalized spacial score (nSPS) is 10.4. The molecule has 0 unspecified atom stereocenters. The fourth-order valence-corrected chi connectivity index (χ4v) is 4.14. The molecule has 6 nitrogen and oxygen atoms in total. The summed E-state index contributed by atoms with van der Waals surface area (Å²) in [6, 6.07) is 13.8. The molecule has 0 atom stereocenters. The molecule has 2 aromatic carbocycles. The van der Waals surface area contributed by atoms with Crippen LogP contribution in [0.4, 0.5) is 10.7 Å². The maximum absolute atomic E-state index is 12.9. The highest BCUT2D eigenvalue weighted by Crippen LogP contribution is 2.35. The first-order valence-electron chi connectivity index (χ1n) is 8.97. The Hall–Kier alpha value is -3.16. The number of thiophene rings is 1. The predicted molar refractivity (Wildman–Crippen MR) is 119 cm³/mol. The number of carbonyl (C=O) groups is 3. The van der Waals surface area contributed by atoms with Gasteiger partial charge in [-0.3, -0.25) is 9.59 Å². The molecule has 2 N–H and O–H groups in total. The van der Waals surface area contributed by atoms with Gasteiger partial charge in [0.25, 0.3) is 11.8 Å². The number of aryl methyl sites for hydroxylation is 1. The minimum absolute atomic E-state index is 0.146. The van der Waals surface area contributed by atoms with Crippen molar-refractivity contribution in [1.29, 1.82) is 0 Å². The number of carbonyl (C=O) groups excluding carboxylic acids is 3. The average Bonchev–Trinajstić information content (AvgIpc) is 3.05. The Balaban J connectivity index is 1.95. The van der Waals surface area contributed by atoms with Gasteiger partial charge in [-0.05, 0) is 49.2 Å². The van der Waals surface area contributed by atoms with Crippen molar-refractivity contribution in [1.82, 2.24) is 0 Å². The van der Waals surface area contributed by atoms with E-state index in [4.69, 9.17) is 16.3 Å². The van der Waals surface area contributed by atoms with Gasteiger partial charge in [0.05, 0.1) is 17.6 Å². The van der Waals surface area contributed by atoms with Crippen molar-refractivity contribution >= 4 is 51.4 Å². The number of methoxy groups -OCH3 is 1. The van der Waals surface area contributed by atoms with Gasteiger partial charge in [-0.15, -0.1) is 11.3 Å². The summed E-state index contributed by atoms with van der Waals surface area (Å²) >= 11 is 6.96. The lowest BCUT2D eigenvalue weighted by Gasteiger charge is -2.07. The topological polar surface area (TPSA) is 84.5 Å². The van der Waals surface area contributed by atoms with Crippen LogP contribution in [0.5, 0.6) is 0 Å². The number of hydrogen-bond donors (Lipinski definition) is 2. The molecule has 0 aliphatic rings. The number of esters is 1. The van der Waals surface area contributed by atoms with Gasteiger partial charge in [0.15, 0.2) is 0 Å². The van der Waals surface area contributed by atoms with Crippen LogP contribution >= 0.6 is 22.9 Å². The van der Waals surface area contributed by atoms with Gasteiger partial charge in [-0.1, -0.05) is 35.9 Å². The van der Waals surface area contributed by atoms with Crippen LogP contribution in [0.3, 0.4) is 0 Å². The average molecular weight is 443 g/mol. The fourth-order valence-electron chi connectivity index (χ4n) is 2.86. The summed E-state index contributed by atoms with van der Waals surface area (Å²) in [5.41, 5.74) is 2.48. The lowest BCUT2D eigenvalue weighted by Crippen LogP contribution is -2.14. The number of amides is 2. The maximum Gasteiger partial charge on any atom is 0.341 e. The second kappa shape index (κ2) is 9.11. The molecule has 2 amide bonds. The third-order valence-corrected chi connectivity index (χ3v) is 5.89. The van der Waals surface area contributed by atoms with Crippen molar-refractivity contribution in [2.24, 2.45) is 0 Å². The highest BCUT2D eigenvalue weighted by molar-refractivity contribution is 7.19. The number of ether oxygens (including phenoxy) is 1. The van der Waals surface area contributed by atoms with Crippen molar-refractivity contribution in [2.75, 3.05) is 17.7 Å². The molecule has 3 rings (SSSR count). The van der Waals surface area contributed by atoms with Crippen LogP contribution in [-0.4, -0.2) is 24.9 Å². The number of benzene rings is 2. The first kappa shape index (κ1) is 21.5. The molecule has 0 radical (unpaired) electrons. The van der Waals surface area contributed by atoms with E-state index in [1.54, 1.807) is 31.2 Å². The van der Waals surface area contributed by atoms with Gasteiger partial charge in [0, 0.05) is 16.3 Å². The largest absolute Gasteiger partial charge is 0.465 e. The first-order chi connectivity index (χ1) is 14.3. The molecular weight excluding hydrogens is 424 g/mol. The molecular formula is C22H19ClN2O4S. The molecule has 30 heavy (non-hydrogen) atoms. The van der Waals surface area contributed by atoms with E-state index in [-0.39, 0.29) is 16.5 Å². The highest BCUT2D eigenvalue weighted by Gasteiger charge is 2.26. The molecule has 0 spiro atoms. The van der Waals surface area contributed by atoms with Crippen molar-refractivity contribution < 1.29 is 19.1 Å². The number of rotatable bonds is 5. The van der Waals surface area contributed by atoms with Gasteiger partial charge in [0.2, 0.25) is 0 Å². The van der Waals surface area contributed by atoms with Crippen LogP contribution in [0.15, 0.2) is 48.5 Å². The maximum atomic E-state index is 12.9. The van der Waals surface area contributed by atoms with Gasteiger partial charge < -0.3 is 15.4 Å². The first-order valence-corrected chi connectivity index (χ1v) is 10.2. The highest BCUT2D eigenvalue weighted by atomic mass is 35.5. The Morgan fingerprint density at radius 3 is 2.37 bits per heavy atom. The van der Waals surface area contributed by atoms with Crippen LogP contribution in [-0.2, 0) is 4.74 Å². The van der Waals surface area contributed by atoms with Gasteiger partial charge in [-0.25, -0.2) is 4.79 Å². The van der Waals surface area contributed by atoms with E-state index in [9.17, 15) is 14.4 Å². The van der Waals surface area contributed by atoms with Crippen molar-refractivity contribution in [2.45, 2.75) is 13.8 Å². The van der Waals surface area contributed by atoms with Crippen LogP contribution in [0.2, 0.25) is 5.02 Å². The summed E-state index contributed by atoms with van der Waals surface area (Å²) in [6.07, 6.45) is 0. The molecule has 1 heterocycles. The quantitative estimate of drug-likeness (QED) is 0.524. The van der Waals surface area contributed by atoms with E-state index in [2.05, 4.69) is 10.6 Å². The number of para-hydroxylation sites is 1. The van der Waals surface area contributed by atoms with Gasteiger partial charge in [-0.2, -0.15) is 0 Å². The molecule has 0 aliphatic carbocycles. The third-order valence-electron chi connectivity index (χ3n) is 4.45. The zero-order valence-electron chi connectivity index (χ0n) is 16.5. The number of anilines is 2. The Kier molecular flexibility index (Phi) is 6.54. The molecule has 3 aromatic rings. The second-order valence-corrected chi connectivity index (χ2v) is 7.94. The number of halogens is 1. The number of hydrogen-bond acceptors (Lipinski definition) is 5.